The summed E-state index contributed by atoms with van der Waals surface area (Å²) in [5.41, 5.74) is 6.25. The van der Waals surface area contributed by atoms with Crippen molar-refractivity contribution in [3.05, 3.63) is 65.7 Å². The van der Waals surface area contributed by atoms with Crippen molar-refractivity contribution in [2.24, 2.45) is 0 Å². The van der Waals surface area contributed by atoms with Crippen LogP contribution in [0.25, 0.3) is 0 Å². The molecule has 0 amide bonds. The number of para-hydroxylation sites is 1. The number of hydrazine groups is 1. The molecule has 0 aliphatic carbocycles. The number of piperidine rings is 1. The molecule has 0 spiro atoms. The van der Waals surface area contributed by atoms with Gasteiger partial charge in [0.15, 0.2) is 0 Å². The molecule has 0 bridgehead atoms. The molecule has 1 aliphatic heterocycles. The van der Waals surface area contributed by atoms with E-state index < -0.39 is 0 Å². The van der Waals surface area contributed by atoms with Gasteiger partial charge in [-0.1, -0.05) is 48.5 Å². The van der Waals surface area contributed by atoms with Gasteiger partial charge in [-0.15, -0.1) is 0 Å². The Morgan fingerprint density at radius 1 is 1.04 bits per heavy atom. The molecule has 3 nitrogen and oxygen atoms in total. The van der Waals surface area contributed by atoms with Crippen LogP contribution < -0.4 is 10.2 Å². The topological polar surface area (TPSA) is 24.5 Å². The van der Waals surface area contributed by atoms with Crippen LogP contribution in [0.5, 0.6) is 5.75 Å². The van der Waals surface area contributed by atoms with Crippen molar-refractivity contribution in [3.8, 4) is 5.75 Å². The van der Waals surface area contributed by atoms with Gasteiger partial charge >= 0.3 is 0 Å². The number of ether oxygens (including phenoxy) is 1. The average molecular weight is 310 g/mol. The van der Waals surface area contributed by atoms with E-state index in [2.05, 4.69) is 59.8 Å². The van der Waals surface area contributed by atoms with Gasteiger partial charge in [-0.25, -0.2) is 10.4 Å². The lowest BCUT2D eigenvalue weighted by Crippen LogP contribution is -2.48. The molecule has 1 fully saturated rings. The van der Waals surface area contributed by atoms with Gasteiger partial charge in [0.25, 0.3) is 0 Å². The second-order valence-corrected chi connectivity index (χ2v) is 6.26. The van der Waals surface area contributed by atoms with Crippen LogP contribution in [0.3, 0.4) is 0 Å². The summed E-state index contributed by atoms with van der Waals surface area (Å²) in [6.07, 6.45) is 3.73. The highest BCUT2D eigenvalue weighted by Crippen LogP contribution is 2.33. The van der Waals surface area contributed by atoms with E-state index in [-0.39, 0.29) is 0 Å². The fraction of sp³-hybridized carbons (Fsp3) is 0.400. The Hall–Kier alpha value is -1.84. The molecule has 3 heteroatoms. The van der Waals surface area contributed by atoms with Crippen LogP contribution >= 0.6 is 0 Å². The highest BCUT2D eigenvalue weighted by molar-refractivity contribution is 5.33. The van der Waals surface area contributed by atoms with Crippen molar-refractivity contribution in [3.63, 3.8) is 0 Å². The van der Waals surface area contributed by atoms with Crippen LogP contribution in [0.2, 0.25) is 0 Å². The lowest BCUT2D eigenvalue weighted by molar-refractivity contribution is 0.0332. The molecule has 3 rings (SSSR count). The van der Waals surface area contributed by atoms with Gasteiger partial charge in [-0.2, -0.15) is 0 Å². The van der Waals surface area contributed by atoms with E-state index in [4.69, 9.17) is 4.74 Å². The van der Waals surface area contributed by atoms with E-state index in [0.717, 1.165) is 12.3 Å². The van der Waals surface area contributed by atoms with Crippen LogP contribution in [0.4, 0.5) is 0 Å². The van der Waals surface area contributed by atoms with E-state index in [1.807, 2.05) is 12.1 Å². The molecule has 122 valence electrons. The smallest absolute Gasteiger partial charge is 0.123 e. The SMILES string of the molecule is COc1ccccc1CNN1C(C)CCCC1c1ccccc1. The second kappa shape index (κ2) is 7.62. The summed E-state index contributed by atoms with van der Waals surface area (Å²) in [7, 11) is 1.73. The first-order chi connectivity index (χ1) is 11.3. The maximum absolute atomic E-state index is 5.47. The van der Waals surface area contributed by atoms with Crippen molar-refractivity contribution in [2.75, 3.05) is 7.11 Å². The number of benzene rings is 2. The number of nitrogens with zero attached hydrogens (tertiary/aromatic N) is 1. The van der Waals surface area contributed by atoms with Gasteiger partial charge in [-0.05, 0) is 37.8 Å². The van der Waals surface area contributed by atoms with Crippen molar-refractivity contribution < 1.29 is 4.74 Å². The molecule has 0 radical (unpaired) electrons. The van der Waals surface area contributed by atoms with Gasteiger partial charge in [0, 0.05) is 24.2 Å². The zero-order valence-electron chi connectivity index (χ0n) is 14.0. The molecule has 1 aliphatic rings. The van der Waals surface area contributed by atoms with E-state index in [9.17, 15) is 0 Å². The first kappa shape index (κ1) is 16.0. The summed E-state index contributed by atoms with van der Waals surface area (Å²) in [4.78, 5) is 0. The Labute approximate surface area is 139 Å². The maximum atomic E-state index is 5.47. The third kappa shape index (κ3) is 3.74. The molecule has 1 saturated heterocycles. The van der Waals surface area contributed by atoms with Crippen LogP contribution in [0.1, 0.15) is 43.4 Å². The summed E-state index contributed by atoms with van der Waals surface area (Å²) in [6.45, 7) is 3.10. The molecule has 2 unspecified atom stereocenters. The van der Waals surface area contributed by atoms with Gasteiger partial charge in [0.2, 0.25) is 0 Å². The summed E-state index contributed by atoms with van der Waals surface area (Å²) >= 11 is 0. The van der Waals surface area contributed by atoms with Gasteiger partial charge in [-0.3, -0.25) is 0 Å². The number of methoxy groups -OCH3 is 1. The minimum Gasteiger partial charge on any atom is -0.496 e. The molecule has 2 atom stereocenters. The highest BCUT2D eigenvalue weighted by Gasteiger charge is 2.28. The molecular formula is C20H26N2O. The minimum atomic E-state index is 0.439. The Balaban J connectivity index is 1.75. The maximum Gasteiger partial charge on any atom is 0.123 e. The average Bonchev–Trinajstić information content (AvgIpc) is 2.61. The number of rotatable bonds is 5. The first-order valence-corrected chi connectivity index (χ1v) is 8.48. The summed E-state index contributed by atoms with van der Waals surface area (Å²) < 4.78 is 5.47. The largest absolute Gasteiger partial charge is 0.496 e. The van der Waals surface area contributed by atoms with Crippen LogP contribution in [-0.2, 0) is 6.54 Å². The Morgan fingerprint density at radius 2 is 1.78 bits per heavy atom. The quantitative estimate of drug-likeness (QED) is 0.890. The van der Waals surface area contributed by atoms with Gasteiger partial charge in [0.05, 0.1) is 7.11 Å². The summed E-state index contributed by atoms with van der Waals surface area (Å²) in [5, 5.41) is 2.44. The van der Waals surface area contributed by atoms with Crippen molar-refractivity contribution in [1.82, 2.24) is 10.4 Å². The lowest BCUT2D eigenvalue weighted by Gasteiger charge is -2.41. The predicted octanol–water partition coefficient (Wildman–Crippen LogP) is 4.32. The zero-order valence-corrected chi connectivity index (χ0v) is 14.0. The Kier molecular flexibility index (Phi) is 5.31. The molecule has 23 heavy (non-hydrogen) atoms. The van der Waals surface area contributed by atoms with Gasteiger partial charge < -0.3 is 4.74 Å². The van der Waals surface area contributed by atoms with Crippen molar-refractivity contribution >= 4 is 0 Å². The minimum absolute atomic E-state index is 0.439. The molecular weight excluding hydrogens is 284 g/mol. The van der Waals surface area contributed by atoms with Crippen molar-refractivity contribution in [2.45, 2.75) is 44.8 Å². The molecule has 0 saturated carbocycles. The third-order valence-corrected chi connectivity index (χ3v) is 4.74. The van der Waals surface area contributed by atoms with Crippen LogP contribution in [-0.4, -0.2) is 18.2 Å². The monoisotopic (exact) mass is 310 g/mol. The number of hydrogen-bond donors (Lipinski definition) is 1. The van der Waals surface area contributed by atoms with Gasteiger partial charge in [0.1, 0.15) is 5.75 Å². The Bertz CT molecular complexity index is 614. The fourth-order valence-corrected chi connectivity index (χ4v) is 3.49. The van der Waals surface area contributed by atoms with Crippen LogP contribution in [0, 0.1) is 0 Å². The normalized spacial score (nSPS) is 22.0. The Morgan fingerprint density at radius 3 is 2.57 bits per heavy atom. The third-order valence-electron chi connectivity index (χ3n) is 4.74. The van der Waals surface area contributed by atoms with E-state index in [1.165, 1.54) is 30.4 Å². The van der Waals surface area contributed by atoms with E-state index in [1.54, 1.807) is 7.11 Å². The molecule has 0 aromatic heterocycles. The van der Waals surface area contributed by atoms with Crippen LogP contribution in [0.15, 0.2) is 54.6 Å². The second-order valence-electron chi connectivity index (χ2n) is 6.26. The number of hydrogen-bond acceptors (Lipinski definition) is 3. The number of nitrogens with one attached hydrogen (secondary N) is 1. The van der Waals surface area contributed by atoms with E-state index in [0.29, 0.717) is 12.1 Å². The lowest BCUT2D eigenvalue weighted by atomic mass is 9.93. The summed E-state index contributed by atoms with van der Waals surface area (Å²) in [6, 6.07) is 20.0. The first-order valence-electron chi connectivity index (χ1n) is 8.48. The predicted molar refractivity (Wildman–Crippen MR) is 94.2 cm³/mol. The molecule has 2 aromatic carbocycles. The molecule has 1 N–H and O–H groups in total. The highest BCUT2D eigenvalue weighted by atomic mass is 16.5. The molecule has 2 aromatic rings. The molecule has 1 heterocycles. The summed E-state index contributed by atoms with van der Waals surface area (Å²) in [5.74, 6) is 0.945. The fourth-order valence-electron chi connectivity index (χ4n) is 3.49. The standard InChI is InChI=1S/C20H26N2O/c1-16-9-8-13-19(17-10-4-3-5-11-17)22(16)21-15-18-12-6-7-14-20(18)23-2/h3-7,10-12,14,16,19,21H,8-9,13,15H2,1-2H3. The van der Waals surface area contributed by atoms with Crippen molar-refractivity contribution in [1.29, 1.82) is 0 Å². The zero-order chi connectivity index (χ0) is 16.1. The van der Waals surface area contributed by atoms with E-state index >= 15 is 0 Å².